The third kappa shape index (κ3) is 14.9. The summed E-state index contributed by atoms with van der Waals surface area (Å²) in [5, 5.41) is 0. The lowest BCUT2D eigenvalue weighted by atomic mass is 10.0. The summed E-state index contributed by atoms with van der Waals surface area (Å²) in [7, 11) is -2.14. The van der Waals surface area contributed by atoms with Gasteiger partial charge < -0.3 is 13.6 Å². The summed E-state index contributed by atoms with van der Waals surface area (Å²) in [6.07, 6.45) is 18.0. The first-order valence-corrected chi connectivity index (χ1v) is 15.3. The molecule has 1 rings (SSSR count). The van der Waals surface area contributed by atoms with E-state index < -0.39 is 8.56 Å². The Labute approximate surface area is 188 Å². The first-order chi connectivity index (χ1) is 14.4. The molecule has 0 saturated heterocycles. The van der Waals surface area contributed by atoms with Crippen LogP contribution in [-0.2, 0) is 4.43 Å². The number of hydrogen-bond donors (Lipinski definition) is 0. The fourth-order valence-electron chi connectivity index (χ4n) is 3.61. The Morgan fingerprint density at radius 1 is 0.667 bits per heavy atom. The van der Waals surface area contributed by atoms with Crippen molar-refractivity contribution in [1.82, 2.24) is 0 Å². The van der Waals surface area contributed by atoms with Gasteiger partial charge in [-0.15, -0.1) is 0 Å². The van der Waals surface area contributed by atoms with E-state index in [0.717, 1.165) is 24.5 Å². The van der Waals surface area contributed by atoms with E-state index in [2.05, 4.69) is 20.0 Å². The zero-order chi connectivity index (χ0) is 22.1. The Hall–Kier alpha value is -1.00. The molecular formula is C26H48O3Si. The van der Waals surface area contributed by atoms with Gasteiger partial charge in [0.25, 0.3) is 0 Å². The lowest BCUT2D eigenvalue weighted by Crippen LogP contribution is -2.38. The van der Waals surface area contributed by atoms with E-state index >= 15 is 0 Å². The zero-order valence-electron chi connectivity index (χ0n) is 20.5. The molecule has 0 fully saturated rings. The smallest absolute Gasteiger partial charge is 0.392 e. The summed E-state index contributed by atoms with van der Waals surface area (Å²) in [5.41, 5.74) is 0. The highest BCUT2D eigenvalue weighted by Gasteiger charge is 2.26. The van der Waals surface area contributed by atoms with Crippen molar-refractivity contribution in [2.45, 2.75) is 123 Å². The molecule has 3 nitrogen and oxygen atoms in total. The largest absolute Gasteiger partial charge is 0.520 e. The van der Waals surface area contributed by atoms with Gasteiger partial charge in [0, 0.05) is 6.61 Å². The molecule has 0 N–H and O–H groups in total. The van der Waals surface area contributed by atoms with Crippen molar-refractivity contribution in [3.05, 3.63) is 24.3 Å². The standard InChI is InChI=1S/C26H48O3Si/c1-6-7-8-9-10-11-12-13-14-15-16-17-18-23-27-30(4,5)29-26-21-19-25(20-22-26)28-24(2)3/h19-22,24H,6-18,23H2,1-5H3. The van der Waals surface area contributed by atoms with Crippen molar-refractivity contribution in [2.24, 2.45) is 0 Å². The number of rotatable bonds is 19. The molecule has 0 aromatic heterocycles. The second-order valence-electron chi connectivity index (χ2n) is 9.23. The molecule has 1 aromatic rings. The molecule has 0 atom stereocenters. The predicted molar refractivity (Wildman–Crippen MR) is 132 cm³/mol. The molecular weight excluding hydrogens is 388 g/mol. The molecule has 0 unspecified atom stereocenters. The van der Waals surface area contributed by atoms with E-state index in [1.165, 1.54) is 77.0 Å². The third-order valence-electron chi connectivity index (χ3n) is 5.26. The summed E-state index contributed by atoms with van der Waals surface area (Å²) < 4.78 is 17.9. The highest BCUT2D eigenvalue weighted by atomic mass is 28.4. The molecule has 0 aliphatic heterocycles. The second kappa shape index (κ2) is 16.7. The summed E-state index contributed by atoms with van der Waals surface area (Å²) in [5.74, 6) is 1.75. The zero-order valence-corrected chi connectivity index (χ0v) is 21.5. The SMILES string of the molecule is CCCCCCCCCCCCCCCO[Si](C)(C)Oc1ccc(OC(C)C)cc1. The molecule has 174 valence electrons. The van der Waals surface area contributed by atoms with Gasteiger partial charge in [0.1, 0.15) is 11.5 Å². The predicted octanol–water partition coefficient (Wildman–Crippen LogP) is 8.66. The molecule has 0 aliphatic carbocycles. The van der Waals surface area contributed by atoms with Crippen molar-refractivity contribution >= 4 is 8.56 Å². The van der Waals surface area contributed by atoms with Gasteiger partial charge in [0.15, 0.2) is 0 Å². The Balaban J connectivity index is 2.00. The van der Waals surface area contributed by atoms with Crippen LogP contribution in [0.15, 0.2) is 24.3 Å². The molecule has 30 heavy (non-hydrogen) atoms. The van der Waals surface area contributed by atoms with Crippen molar-refractivity contribution in [3.63, 3.8) is 0 Å². The summed E-state index contributed by atoms with van der Waals surface area (Å²) >= 11 is 0. The first-order valence-electron chi connectivity index (χ1n) is 12.5. The van der Waals surface area contributed by atoms with Crippen LogP contribution in [0.4, 0.5) is 0 Å². The normalized spacial score (nSPS) is 11.8. The molecule has 0 bridgehead atoms. The molecule has 0 heterocycles. The molecule has 4 heteroatoms. The highest BCUT2D eigenvalue weighted by Crippen LogP contribution is 2.22. The lowest BCUT2D eigenvalue weighted by molar-refractivity contribution is 0.237. The third-order valence-corrected chi connectivity index (χ3v) is 6.88. The van der Waals surface area contributed by atoms with E-state index in [0.29, 0.717) is 0 Å². The van der Waals surface area contributed by atoms with E-state index in [4.69, 9.17) is 13.6 Å². The van der Waals surface area contributed by atoms with Crippen LogP contribution in [0, 0.1) is 0 Å². The minimum atomic E-state index is -2.14. The van der Waals surface area contributed by atoms with Crippen LogP contribution in [-0.4, -0.2) is 21.3 Å². The van der Waals surface area contributed by atoms with Crippen LogP contribution in [0.25, 0.3) is 0 Å². The van der Waals surface area contributed by atoms with Gasteiger partial charge in [0.05, 0.1) is 6.10 Å². The Bertz CT molecular complexity index is 514. The van der Waals surface area contributed by atoms with Crippen LogP contribution in [0.5, 0.6) is 11.5 Å². The number of ether oxygens (including phenoxy) is 1. The van der Waals surface area contributed by atoms with Gasteiger partial charge in [-0.1, -0.05) is 84.0 Å². The van der Waals surface area contributed by atoms with E-state index in [9.17, 15) is 0 Å². The molecule has 0 saturated carbocycles. The van der Waals surface area contributed by atoms with Crippen LogP contribution >= 0.6 is 0 Å². The van der Waals surface area contributed by atoms with Gasteiger partial charge in [-0.2, -0.15) is 0 Å². The van der Waals surface area contributed by atoms with E-state index in [1.54, 1.807) is 0 Å². The quantitative estimate of drug-likeness (QED) is 0.160. The van der Waals surface area contributed by atoms with Crippen molar-refractivity contribution < 1.29 is 13.6 Å². The van der Waals surface area contributed by atoms with E-state index in [1.807, 2.05) is 38.1 Å². The average molecular weight is 437 g/mol. The minimum Gasteiger partial charge on any atom is -0.520 e. The van der Waals surface area contributed by atoms with E-state index in [-0.39, 0.29) is 6.10 Å². The van der Waals surface area contributed by atoms with Gasteiger partial charge in [-0.25, -0.2) is 0 Å². The Morgan fingerprint density at radius 2 is 1.10 bits per heavy atom. The van der Waals surface area contributed by atoms with Crippen LogP contribution in [0.3, 0.4) is 0 Å². The number of hydrogen-bond acceptors (Lipinski definition) is 3. The maximum absolute atomic E-state index is 6.14. The number of unbranched alkanes of at least 4 members (excludes halogenated alkanes) is 12. The Kier molecular flexibility index (Phi) is 15.0. The fraction of sp³-hybridized carbons (Fsp3) is 0.769. The molecule has 0 spiro atoms. The molecule has 0 radical (unpaired) electrons. The first kappa shape index (κ1) is 27.0. The van der Waals surface area contributed by atoms with Crippen LogP contribution < -0.4 is 9.16 Å². The van der Waals surface area contributed by atoms with Gasteiger partial charge in [-0.3, -0.25) is 0 Å². The molecule has 0 aliphatic rings. The Morgan fingerprint density at radius 3 is 1.57 bits per heavy atom. The number of benzene rings is 1. The maximum atomic E-state index is 6.14. The highest BCUT2D eigenvalue weighted by molar-refractivity contribution is 6.65. The fourth-order valence-corrected chi connectivity index (χ4v) is 5.01. The summed E-state index contributed by atoms with van der Waals surface area (Å²) in [6.45, 7) is 11.4. The summed E-state index contributed by atoms with van der Waals surface area (Å²) in [4.78, 5) is 0. The average Bonchev–Trinajstić information content (AvgIpc) is 2.69. The van der Waals surface area contributed by atoms with Crippen molar-refractivity contribution in [3.8, 4) is 11.5 Å². The maximum Gasteiger partial charge on any atom is 0.392 e. The van der Waals surface area contributed by atoms with Crippen molar-refractivity contribution in [1.29, 1.82) is 0 Å². The second-order valence-corrected chi connectivity index (χ2v) is 12.5. The molecule has 0 amide bonds. The summed E-state index contributed by atoms with van der Waals surface area (Å²) in [6, 6.07) is 7.88. The van der Waals surface area contributed by atoms with Crippen LogP contribution in [0.1, 0.15) is 104 Å². The topological polar surface area (TPSA) is 27.7 Å². The van der Waals surface area contributed by atoms with Crippen LogP contribution in [0.2, 0.25) is 13.1 Å². The monoisotopic (exact) mass is 436 g/mol. The lowest BCUT2D eigenvalue weighted by Gasteiger charge is -2.24. The van der Waals surface area contributed by atoms with Gasteiger partial charge in [-0.05, 0) is 57.6 Å². The van der Waals surface area contributed by atoms with Gasteiger partial charge in [0.2, 0.25) is 0 Å². The van der Waals surface area contributed by atoms with Gasteiger partial charge >= 0.3 is 8.56 Å². The minimum absolute atomic E-state index is 0.186. The van der Waals surface area contributed by atoms with Crippen molar-refractivity contribution in [2.75, 3.05) is 6.61 Å². The molecule has 1 aromatic carbocycles.